The van der Waals surface area contributed by atoms with Crippen LogP contribution < -0.4 is 10.6 Å². The lowest BCUT2D eigenvalue weighted by molar-refractivity contribution is 0.812. The van der Waals surface area contributed by atoms with Gasteiger partial charge in [0.1, 0.15) is 0 Å². The Kier molecular flexibility index (Phi) is 4.56. The molecule has 0 fully saturated rings. The highest BCUT2D eigenvalue weighted by molar-refractivity contribution is 9.10. The van der Waals surface area contributed by atoms with Crippen molar-refractivity contribution in [3.63, 3.8) is 0 Å². The summed E-state index contributed by atoms with van der Waals surface area (Å²) < 4.78 is 1.06. The van der Waals surface area contributed by atoms with Crippen LogP contribution in [0.2, 0.25) is 0 Å². The number of hydrogen-bond acceptors (Lipinski definition) is 2. The Morgan fingerprint density at radius 3 is 2.62 bits per heavy atom. The summed E-state index contributed by atoms with van der Waals surface area (Å²) in [7, 11) is 2.06. The molecule has 16 heavy (non-hydrogen) atoms. The standard InChI is InChI=1S/C13H19BrN2/c1-9(2)8-16(4)11-5-6-12(10(3)15)13(14)7-11/h5-7,10H,1,8,15H2,2-4H3/t10-/m0/s1. The van der Waals surface area contributed by atoms with Gasteiger partial charge in [0.15, 0.2) is 0 Å². The van der Waals surface area contributed by atoms with Gasteiger partial charge in [-0.3, -0.25) is 0 Å². The van der Waals surface area contributed by atoms with Crippen LogP contribution >= 0.6 is 15.9 Å². The minimum Gasteiger partial charge on any atom is -0.371 e. The van der Waals surface area contributed by atoms with Crippen LogP contribution in [0, 0.1) is 0 Å². The van der Waals surface area contributed by atoms with Crippen molar-refractivity contribution in [1.29, 1.82) is 0 Å². The van der Waals surface area contributed by atoms with Crippen molar-refractivity contribution in [2.24, 2.45) is 5.73 Å². The summed E-state index contributed by atoms with van der Waals surface area (Å²) in [6, 6.07) is 6.31. The van der Waals surface area contributed by atoms with E-state index in [0.29, 0.717) is 0 Å². The van der Waals surface area contributed by atoms with Gasteiger partial charge in [-0.15, -0.1) is 0 Å². The fourth-order valence-corrected chi connectivity index (χ4v) is 2.35. The molecule has 0 radical (unpaired) electrons. The van der Waals surface area contributed by atoms with E-state index in [4.69, 9.17) is 5.73 Å². The van der Waals surface area contributed by atoms with Crippen LogP contribution in [0.5, 0.6) is 0 Å². The van der Waals surface area contributed by atoms with Crippen molar-refractivity contribution >= 4 is 21.6 Å². The molecule has 0 saturated carbocycles. The quantitative estimate of drug-likeness (QED) is 0.857. The molecule has 1 atom stereocenters. The molecule has 0 aromatic heterocycles. The summed E-state index contributed by atoms with van der Waals surface area (Å²) in [4.78, 5) is 2.16. The van der Waals surface area contributed by atoms with Crippen molar-refractivity contribution < 1.29 is 0 Å². The second-order valence-electron chi connectivity index (χ2n) is 4.31. The first kappa shape index (κ1) is 13.3. The molecule has 0 bridgehead atoms. The van der Waals surface area contributed by atoms with Gasteiger partial charge in [0, 0.05) is 29.8 Å². The van der Waals surface area contributed by atoms with Crippen LogP contribution in [0.15, 0.2) is 34.8 Å². The Hall–Kier alpha value is -0.800. The summed E-state index contributed by atoms with van der Waals surface area (Å²) in [5.74, 6) is 0. The zero-order valence-corrected chi connectivity index (χ0v) is 11.7. The highest BCUT2D eigenvalue weighted by atomic mass is 79.9. The summed E-state index contributed by atoms with van der Waals surface area (Å²) >= 11 is 3.55. The Morgan fingerprint density at radius 2 is 2.19 bits per heavy atom. The second-order valence-corrected chi connectivity index (χ2v) is 5.16. The van der Waals surface area contributed by atoms with Crippen LogP contribution in [-0.2, 0) is 0 Å². The van der Waals surface area contributed by atoms with Gasteiger partial charge in [-0.05, 0) is 31.5 Å². The molecule has 0 aliphatic rings. The maximum atomic E-state index is 5.86. The maximum Gasteiger partial charge on any atom is 0.0380 e. The average molecular weight is 283 g/mol. The third kappa shape index (κ3) is 3.35. The lowest BCUT2D eigenvalue weighted by atomic mass is 10.1. The number of anilines is 1. The topological polar surface area (TPSA) is 29.3 Å². The van der Waals surface area contributed by atoms with Gasteiger partial charge in [-0.2, -0.15) is 0 Å². The van der Waals surface area contributed by atoms with E-state index in [1.54, 1.807) is 0 Å². The first-order valence-corrected chi connectivity index (χ1v) is 6.11. The number of nitrogens with zero attached hydrogens (tertiary/aromatic N) is 1. The van der Waals surface area contributed by atoms with E-state index < -0.39 is 0 Å². The fourth-order valence-electron chi connectivity index (χ4n) is 1.62. The fraction of sp³-hybridized carbons (Fsp3) is 0.385. The molecule has 0 spiro atoms. The van der Waals surface area contributed by atoms with Gasteiger partial charge in [-0.1, -0.05) is 34.1 Å². The zero-order valence-electron chi connectivity index (χ0n) is 10.1. The molecule has 0 amide bonds. The molecule has 1 rings (SSSR count). The number of rotatable bonds is 4. The summed E-state index contributed by atoms with van der Waals surface area (Å²) in [5.41, 5.74) is 9.31. The molecule has 0 unspecified atom stereocenters. The van der Waals surface area contributed by atoms with Crippen LogP contribution in [0.1, 0.15) is 25.5 Å². The van der Waals surface area contributed by atoms with E-state index in [1.165, 1.54) is 5.69 Å². The van der Waals surface area contributed by atoms with Gasteiger partial charge in [0.2, 0.25) is 0 Å². The minimum absolute atomic E-state index is 0.0508. The molecule has 0 saturated heterocycles. The summed E-state index contributed by atoms with van der Waals surface area (Å²) in [5, 5.41) is 0. The van der Waals surface area contributed by atoms with Crippen LogP contribution in [0.4, 0.5) is 5.69 Å². The third-order valence-electron chi connectivity index (χ3n) is 2.42. The number of nitrogens with two attached hydrogens (primary N) is 1. The molecule has 2 N–H and O–H groups in total. The molecular formula is C13H19BrN2. The maximum absolute atomic E-state index is 5.86. The summed E-state index contributed by atoms with van der Waals surface area (Å²) in [6.07, 6.45) is 0. The van der Waals surface area contributed by atoms with Crippen molar-refractivity contribution in [2.45, 2.75) is 19.9 Å². The van der Waals surface area contributed by atoms with Crippen molar-refractivity contribution in [3.8, 4) is 0 Å². The van der Waals surface area contributed by atoms with Gasteiger partial charge in [0.25, 0.3) is 0 Å². The molecule has 0 aliphatic heterocycles. The number of halogens is 1. The Labute approximate surface area is 106 Å². The van der Waals surface area contributed by atoms with Gasteiger partial charge < -0.3 is 10.6 Å². The SMILES string of the molecule is C=C(C)CN(C)c1ccc([C@H](C)N)c(Br)c1. The zero-order chi connectivity index (χ0) is 12.3. The largest absolute Gasteiger partial charge is 0.371 e. The van der Waals surface area contributed by atoms with Crippen LogP contribution in [0.25, 0.3) is 0 Å². The predicted molar refractivity (Wildman–Crippen MR) is 74.8 cm³/mol. The van der Waals surface area contributed by atoms with Crippen LogP contribution in [-0.4, -0.2) is 13.6 Å². The molecule has 3 heteroatoms. The number of hydrogen-bond donors (Lipinski definition) is 1. The van der Waals surface area contributed by atoms with E-state index in [9.17, 15) is 0 Å². The highest BCUT2D eigenvalue weighted by Gasteiger charge is 2.07. The second kappa shape index (κ2) is 5.51. The van der Waals surface area contributed by atoms with Gasteiger partial charge in [0.05, 0.1) is 0 Å². The van der Waals surface area contributed by atoms with Crippen molar-refractivity contribution in [1.82, 2.24) is 0 Å². The number of benzene rings is 1. The van der Waals surface area contributed by atoms with Gasteiger partial charge >= 0.3 is 0 Å². The Balaban J connectivity index is 2.92. The monoisotopic (exact) mass is 282 g/mol. The first-order valence-electron chi connectivity index (χ1n) is 5.32. The molecule has 2 nitrogen and oxygen atoms in total. The minimum atomic E-state index is 0.0508. The van der Waals surface area contributed by atoms with E-state index in [0.717, 1.165) is 22.2 Å². The average Bonchev–Trinajstić information content (AvgIpc) is 2.15. The smallest absolute Gasteiger partial charge is 0.0380 e. The lowest BCUT2D eigenvalue weighted by Crippen LogP contribution is -2.19. The molecule has 88 valence electrons. The predicted octanol–water partition coefficient (Wildman–Crippen LogP) is 3.48. The highest BCUT2D eigenvalue weighted by Crippen LogP contribution is 2.27. The van der Waals surface area contributed by atoms with E-state index in [2.05, 4.69) is 52.7 Å². The normalized spacial score (nSPS) is 12.3. The summed E-state index contributed by atoms with van der Waals surface area (Å²) in [6.45, 7) is 8.79. The molecule has 0 aliphatic carbocycles. The Morgan fingerprint density at radius 1 is 1.56 bits per heavy atom. The molecule has 1 aromatic carbocycles. The first-order chi connectivity index (χ1) is 7.41. The molecule has 0 heterocycles. The molecular weight excluding hydrogens is 264 g/mol. The Bertz CT molecular complexity index is 386. The van der Waals surface area contributed by atoms with Crippen molar-refractivity contribution in [2.75, 3.05) is 18.5 Å². The third-order valence-corrected chi connectivity index (χ3v) is 3.11. The molecule has 1 aromatic rings. The van der Waals surface area contributed by atoms with Crippen LogP contribution in [0.3, 0.4) is 0 Å². The van der Waals surface area contributed by atoms with Crippen molar-refractivity contribution in [3.05, 3.63) is 40.4 Å². The number of likely N-dealkylation sites (N-methyl/N-ethyl adjacent to an activating group) is 1. The van der Waals surface area contributed by atoms with E-state index in [1.807, 2.05) is 13.8 Å². The van der Waals surface area contributed by atoms with E-state index in [-0.39, 0.29) is 6.04 Å². The van der Waals surface area contributed by atoms with E-state index >= 15 is 0 Å². The van der Waals surface area contributed by atoms with Gasteiger partial charge in [-0.25, -0.2) is 0 Å². The lowest BCUT2D eigenvalue weighted by Gasteiger charge is -2.21.